The van der Waals surface area contributed by atoms with Gasteiger partial charge in [0.1, 0.15) is 0 Å². The summed E-state index contributed by atoms with van der Waals surface area (Å²) in [4.78, 5) is 10.2. The molecule has 50 valence electrons. The van der Waals surface area contributed by atoms with Gasteiger partial charge < -0.3 is 5.11 Å². The molecule has 2 rings (SSSR count). The highest BCUT2D eigenvalue weighted by molar-refractivity contribution is 5.68. The maximum absolute atomic E-state index is 10.2. The average Bonchev–Trinajstić information content (AvgIpc) is 2.54. The summed E-state index contributed by atoms with van der Waals surface area (Å²) in [5.74, 6) is -0.0706. The van der Waals surface area contributed by atoms with Gasteiger partial charge in [0, 0.05) is 6.42 Å². The first kappa shape index (κ1) is 5.27. The van der Waals surface area contributed by atoms with Gasteiger partial charge in [-0.1, -0.05) is 0 Å². The van der Waals surface area contributed by atoms with Crippen LogP contribution < -0.4 is 0 Å². The lowest BCUT2D eigenvalue weighted by atomic mass is 10.2. The van der Waals surface area contributed by atoms with Gasteiger partial charge in [-0.05, 0) is 30.6 Å². The summed E-state index contributed by atoms with van der Waals surface area (Å²) in [6, 6.07) is 0. The molecule has 0 saturated heterocycles. The van der Waals surface area contributed by atoms with E-state index < -0.39 is 5.97 Å². The molecule has 0 aromatic heterocycles. The molecule has 2 aliphatic rings. The Morgan fingerprint density at radius 2 is 2.33 bits per heavy atom. The van der Waals surface area contributed by atoms with Crippen LogP contribution >= 0.6 is 0 Å². The minimum absolute atomic E-state index is 0.417. The van der Waals surface area contributed by atoms with Crippen LogP contribution in [-0.4, -0.2) is 11.1 Å². The van der Waals surface area contributed by atoms with E-state index in [9.17, 15) is 4.79 Å². The van der Waals surface area contributed by atoms with E-state index in [2.05, 4.69) is 0 Å². The monoisotopic (exact) mass is 126 g/mol. The quantitative estimate of drug-likeness (QED) is 0.604. The lowest BCUT2D eigenvalue weighted by molar-refractivity contribution is -0.137. The largest absolute Gasteiger partial charge is 0.481 e. The Labute approximate surface area is 53.9 Å². The van der Waals surface area contributed by atoms with Gasteiger partial charge in [0.05, 0.1) is 0 Å². The first-order valence-electron chi connectivity index (χ1n) is 3.45. The van der Waals surface area contributed by atoms with Gasteiger partial charge >= 0.3 is 5.97 Å². The summed E-state index contributed by atoms with van der Waals surface area (Å²) in [5, 5.41) is 8.38. The molecule has 1 N–H and O–H groups in total. The number of carboxylic acids is 1. The Hall–Kier alpha value is -0.530. The lowest BCUT2D eigenvalue weighted by Gasteiger charge is -1.87. The van der Waals surface area contributed by atoms with Crippen molar-refractivity contribution in [2.75, 3.05) is 0 Å². The predicted octanol–water partition coefficient (Wildman–Crippen LogP) is 1.26. The van der Waals surface area contributed by atoms with Crippen molar-refractivity contribution < 1.29 is 9.90 Å². The number of rotatable bonds is 2. The fraction of sp³-hybridized carbons (Fsp3) is 0.857. The molecule has 0 bridgehead atoms. The van der Waals surface area contributed by atoms with Crippen molar-refractivity contribution in [3.63, 3.8) is 0 Å². The van der Waals surface area contributed by atoms with Gasteiger partial charge in [0.15, 0.2) is 0 Å². The third-order valence-corrected chi connectivity index (χ3v) is 2.67. The van der Waals surface area contributed by atoms with Gasteiger partial charge in [0.25, 0.3) is 0 Å². The van der Waals surface area contributed by atoms with E-state index in [0.717, 1.165) is 0 Å². The fourth-order valence-corrected chi connectivity index (χ4v) is 1.70. The number of carbonyl (C=O) groups is 1. The van der Waals surface area contributed by atoms with Gasteiger partial charge in [-0.3, -0.25) is 4.79 Å². The summed E-state index contributed by atoms with van der Waals surface area (Å²) in [6.45, 7) is 0. The van der Waals surface area contributed by atoms with Crippen LogP contribution in [0.15, 0.2) is 0 Å². The number of hydrogen-bond donors (Lipinski definition) is 1. The summed E-state index contributed by atoms with van der Waals surface area (Å²) in [7, 11) is 0. The maximum Gasteiger partial charge on any atom is 0.303 e. The van der Waals surface area contributed by atoms with Crippen molar-refractivity contribution >= 4 is 5.97 Å². The van der Waals surface area contributed by atoms with E-state index in [0.29, 0.717) is 17.8 Å². The highest BCUT2D eigenvalue weighted by Gasteiger charge is 2.62. The molecule has 0 amide bonds. The first-order valence-corrected chi connectivity index (χ1v) is 3.45. The Kier molecular flexibility index (Phi) is 0.765. The summed E-state index contributed by atoms with van der Waals surface area (Å²) in [6.07, 6.45) is 4.20. The molecule has 1 atom stereocenters. The Bertz CT molecular complexity index is 158. The standard InChI is InChI=1S/C7H10O2/c8-6(9)3-5-4-7(5)1-2-7/h5H,1-4H2,(H,8,9). The highest BCUT2D eigenvalue weighted by Crippen LogP contribution is 2.71. The molecule has 1 unspecified atom stereocenters. The van der Waals surface area contributed by atoms with E-state index in [-0.39, 0.29) is 0 Å². The van der Waals surface area contributed by atoms with Crippen LogP contribution in [0.25, 0.3) is 0 Å². The summed E-state index contributed by atoms with van der Waals surface area (Å²) < 4.78 is 0. The van der Waals surface area contributed by atoms with E-state index in [1.165, 1.54) is 19.3 Å². The Balaban J connectivity index is 1.84. The molecule has 0 radical (unpaired) electrons. The molecule has 2 aliphatic carbocycles. The Morgan fingerprint density at radius 3 is 2.67 bits per heavy atom. The van der Waals surface area contributed by atoms with Crippen LogP contribution in [-0.2, 0) is 4.79 Å². The van der Waals surface area contributed by atoms with Gasteiger partial charge in [0.2, 0.25) is 0 Å². The third kappa shape index (κ3) is 0.732. The molecule has 0 heterocycles. The van der Waals surface area contributed by atoms with E-state index in [4.69, 9.17) is 5.11 Å². The van der Waals surface area contributed by atoms with Crippen molar-refractivity contribution in [1.82, 2.24) is 0 Å². The zero-order valence-corrected chi connectivity index (χ0v) is 5.26. The minimum atomic E-state index is -0.622. The average molecular weight is 126 g/mol. The van der Waals surface area contributed by atoms with Crippen LogP contribution in [0.3, 0.4) is 0 Å². The second-order valence-electron chi connectivity index (χ2n) is 3.36. The molecule has 0 aromatic rings. The zero-order chi connectivity index (χ0) is 6.48. The maximum atomic E-state index is 10.2. The molecule has 0 aromatic carbocycles. The number of hydrogen-bond acceptors (Lipinski definition) is 1. The molecule has 1 spiro atoms. The van der Waals surface area contributed by atoms with Crippen LogP contribution in [0.2, 0.25) is 0 Å². The molecule has 9 heavy (non-hydrogen) atoms. The van der Waals surface area contributed by atoms with E-state index in [1.807, 2.05) is 0 Å². The van der Waals surface area contributed by atoms with Crippen molar-refractivity contribution in [3.8, 4) is 0 Å². The fourth-order valence-electron chi connectivity index (χ4n) is 1.70. The molecule has 2 heteroatoms. The first-order chi connectivity index (χ1) is 4.23. The summed E-state index contributed by atoms with van der Waals surface area (Å²) in [5.41, 5.74) is 0.568. The van der Waals surface area contributed by atoms with Gasteiger partial charge in [-0.2, -0.15) is 0 Å². The van der Waals surface area contributed by atoms with Crippen molar-refractivity contribution in [3.05, 3.63) is 0 Å². The van der Waals surface area contributed by atoms with Gasteiger partial charge in [-0.25, -0.2) is 0 Å². The molecule has 2 fully saturated rings. The molecule has 2 nitrogen and oxygen atoms in total. The van der Waals surface area contributed by atoms with Crippen molar-refractivity contribution in [1.29, 1.82) is 0 Å². The van der Waals surface area contributed by atoms with Crippen LogP contribution in [0.4, 0.5) is 0 Å². The topological polar surface area (TPSA) is 37.3 Å². The normalized spacial score (nSPS) is 34.4. The van der Waals surface area contributed by atoms with Gasteiger partial charge in [-0.15, -0.1) is 0 Å². The second-order valence-corrected chi connectivity index (χ2v) is 3.36. The van der Waals surface area contributed by atoms with Crippen molar-refractivity contribution in [2.45, 2.75) is 25.7 Å². The lowest BCUT2D eigenvalue weighted by Crippen LogP contribution is -1.96. The van der Waals surface area contributed by atoms with E-state index in [1.54, 1.807) is 0 Å². The number of carboxylic acid groups (broad SMARTS) is 1. The molecule has 2 saturated carbocycles. The molecular formula is C7H10O2. The summed E-state index contributed by atoms with van der Waals surface area (Å²) >= 11 is 0. The number of aliphatic carboxylic acids is 1. The highest BCUT2D eigenvalue weighted by atomic mass is 16.4. The smallest absolute Gasteiger partial charge is 0.303 e. The zero-order valence-electron chi connectivity index (χ0n) is 5.26. The van der Waals surface area contributed by atoms with Crippen molar-refractivity contribution in [2.24, 2.45) is 11.3 Å². The minimum Gasteiger partial charge on any atom is -0.481 e. The molecular weight excluding hydrogens is 116 g/mol. The van der Waals surface area contributed by atoms with E-state index >= 15 is 0 Å². The van der Waals surface area contributed by atoms with Crippen LogP contribution in [0.1, 0.15) is 25.7 Å². The SMILES string of the molecule is O=C(O)CC1CC12CC2. The predicted molar refractivity (Wildman–Crippen MR) is 32.0 cm³/mol. The van der Waals surface area contributed by atoms with Crippen LogP contribution in [0.5, 0.6) is 0 Å². The second kappa shape index (κ2) is 1.31. The Morgan fingerprint density at radius 1 is 1.67 bits per heavy atom. The molecule has 0 aliphatic heterocycles. The third-order valence-electron chi connectivity index (χ3n) is 2.67. The van der Waals surface area contributed by atoms with Crippen LogP contribution in [0, 0.1) is 11.3 Å².